The summed E-state index contributed by atoms with van der Waals surface area (Å²) in [5.74, 6) is -0.442. The van der Waals surface area contributed by atoms with Crippen LogP contribution in [-0.4, -0.2) is 33.7 Å². The molecular formula is C14H19NO3S. The first-order chi connectivity index (χ1) is 9.10. The molecule has 1 saturated carbocycles. The van der Waals surface area contributed by atoms with E-state index in [1.54, 1.807) is 11.8 Å². The van der Waals surface area contributed by atoms with Gasteiger partial charge in [0.25, 0.3) is 5.91 Å². The van der Waals surface area contributed by atoms with Gasteiger partial charge in [0, 0.05) is 22.9 Å². The Morgan fingerprint density at radius 2 is 1.84 bits per heavy atom. The third-order valence-electron chi connectivity index (χ3n) is 3.49. The van der Waals surface area contributed by atoms with E-state index in [1.807, 2.05) is 0 Å². The molecule has 1 amide bonds. The van der Waals surface area contributed by atoms with Crippen molar-refractivity contribution in [3.63, 3.8) is 0 Å². The molecule has 1 fully saturated rings. The first-order valence-corrected chi connectivity index (χ1v) is 7.75. The summed E-state index contributed by atoms with van der Waals surface area (Å²) in [6.07, 6.45) is 6.52. The Balaban J connectivity index is 2.07. The second-order valence-corrected chi connectivity index (χ2v) is 5.95. The van der Waals surface area contributed by atoms with E-state index in [-0.39, 0.29) is 23.4 Å². The first kappa shape index (κ1) is 14.1. The minimum absolute atomic E-state index is 0.102. The van der Waals surface area contributed by atoms with Gasteiger partial charge in [0.15, 0.2) is 0 Å². The van der Waals surface area contributed by atoms with Gasteiger partial charge < -0.3 is 15.5 Å². The van der Waals surface area contributed by atoms with Gasteiger partial charge in [-0.3, -0.25) is 4.79 Å². The second-order valence-electron chi connectivity index (χ2n) is 4.88. The van der Waals surface area contributed by atoms with Crippen molar-refractivity contribution >= 4 is 17.7 Å². The Kier molecular flexibility index (Phi) is 4.58. The second kappa shape index (κ2) is 6.19. The van der Waals surface area contributed by atoms with E-state index in [9.17, 15) is 15.0 Å². The van der Waals surface area contributed by atoms with Gasteiger partial charge in [0.05, 0.1) is 0 Å². The number of phenolic OH excluding ortho intramolecular Hbond substituents is 2. The van der Waals surface area contributed by atoms with Crippen LogP contribution in [0.5, 0.6) is 11.5 Å². The van der Waals surface area contributed by atoms with Crippen molar-refractivity contribution < 1.29 is 15.0 Å². The van der Waals surface area contributed by atoms with E-state index in [1.165, 1.54) is 24.6 Å². The zero-order chi connectivity index (χ0) is 13.8. The van der Waals surface area contributed by atoms with Crippen molar-refractivity contribution in [2.24, 2.45) is 0 Å². The topological polar surface area (TPSA) is 69.6 Å². The maximum atomic E-state index is 12.1. The van der Waals surface area contributed by atoms with Crippen molar-refractivity contribution in [2.75, 3.05) is 6.26 Å². The summed E-state index contributed by atoms with van der Waals surface area (Å²) >= 11 is 1.78. The van der Waals surface area contributed by atoms with E-state index in [0.717, 1.165) is 19.3 Å². The Morgan fingerprint density at radius 3 is 2.47 bits per heavy atom. The Bertz CT molecular complexity index is 444. The molecule has 2 unspecified atom stereocenters. The molecule has 3 N–H and O–H groups in total. The van der Waals surface area contributed by atoms with E-state index < -0.39 is 0 Å². The molecule has 0 radical (unpaired) electrons. The summed E-state index contributed by atoms with van der Waals surface area (Å²) in [4.78, 5) is 12.1. The Labute approximate surface area is 117 Å². The normalized spacial score (nSPS) is 23.0. The van der Waals surface area contributed by atoms with Crippen molar-refractivity contribution in [3.05, 3.63) is 23.8 Å². The summed E-state index contributed by atoms with van der Waals surface area (Å²) in [6, 6.07) is 4.11. The van der Waals surface area contributed by atoms with Gasteiger partial charge in [-0.15, -0.1) is 0 Å². The number of carbonyl (C=O) groups excluding carboxylic acids is 1. The lowest BCUT2D eigenvalue weighted by Gasteiger charge is -2.30. The molecule has 1 aromatic rings. The van der Waals surface area contributed by atoms with Crippen LogP contribution < -0.4 is 5.32 Å². The number of hydrogen-bond acceptors (Lipinski definition) is 4. The predicted octanol–water partition coefficient (Wildman–Crippen LogP) is 2.50. The highest BCUT2D eigenvalue weighted by Gasteiger charge is 2.26. The van der Waals surface area contributed by atoms with Crippen molar-refractivity contribution in [1.82, 2.24) is 5.32 Å². The molecule has 4 nitrogen and oxygen atoms in total. The fraction of sp³-hybridized carbons (Fsp3) is 0.500. The van der Waals surface area contributed by atoms with E-state index in [0.29, 0.717) is 10.8 Å². The molecule has 0 aliphatic heterocycles. The fourth-order valence-electron chi connectivity index (χ4n) is 2.52. The van der Waals surface area contributed by atoms with E-state index >= 15 is 0 Å². The maximum absolute atomic E-state index is 12.1. The largest absolute Gasteiger partial charge is 0.508 e. The molecule has 2 atom stereocenters. The lowest BCUT2D eigenvalue weighted by Crippen LogP contribution is -2.43. The minimum atomic E-state index is -0.239. The number of carbonyl (C=O) groups is 1. The molecule has 1 aliphatic rings. The molecular weight excluding hydrogens is 262 g/mol. The Hall–Kier alpha value is -1.36. The molecule has 5 heteroatoms. The van der Waals surface area contributed by atoms with Crippen LogP contribution in [0.3, 0.4) is 0 Å². The van der Waals surface area contributed by atoms with Gasteiger partial charge in [0.2, 0.25) is 0 Å². The molecule has 0 spiro atoms. The molecule has 1 aromatic carbocycles. The Morgan fingerprint density at radius 1 is 1.21 bits per heavy atom. The quantitative estimate of drug-likeness (QED) is 0.796. The third-order valence-corrected chi connectivity index (χ3v) is 4.66. The van der Waals surface area contributed by atoms with Crippen molar-refractivity contribution in [2.45, 2.75) is 37.0 Å². The van der Waals surface area contributed by atoms with Gasteiger partial charge >= 0.3 is 0 Å². The van der Waals surface area contributed by atoms with Crippen LogP contribution in [0.2, 0.25) is 0 Å². The number of rotatable bonds is 3. The number of aromatic hydroxyl groups is 2. The fourth-order valence-corrected chi connectivity index (χ4v) is 3.46. The standard InChI is InChI=1S/C14H19NO3S/c1-19-13-5-3-2-4-12(13)15-14(18)9-6-10(16)8-11(17)7-9/h6-8,12-13,16-17H,2-5H2,1H3,(H,15,18). The predicted molar refractivity (Wildman–Crippen MR) is 76.8 cm³/mol. The number of phenols is 2. The average molecular weight is 281 g/mol. The zero-order valence-electron chi connectivity index (χ0n) is 10.9. The van der Waals surface area contributed by atoms with Gasteiger partial charge in [-0.1, -0.05) is 12.8 Å². The van der Waals surface area contributed by atoms with Gasteiger partial charge in [-0.05, 0) is 31.2 Å². The van der Waals surface area contributed by atoms with Gasteiger partial charge in [0.1, 0.15) is 11.5 Å². The molecule has 104 valence electrons. The monoisotopic (exact) mass is 281 g/mol. The average Bonchev–Trinajstić information content (AvgIpc) is 2.38. The zero-order valence-corrected chi connectivity index (χ0v) is 11.7. The number of benzene rings is 1. The van der Waals surface area contributed by atoms with Gasteiger partial charge in [-0.25, -0.2) is 0 Å². The van der Waals surface area contributed by atoms with Crippen LogP contribution in [0.1, 0.15) is 36.0 Å². The van der Waals surface area contributed by atoms with Crippen molar-refractivity contribution in [3.8, 4) is 11.5 Å². The highest BCUT2D eigenvalue weighted by atomic mass is 32.2. The van der Waals surface area contributed by atoms with E-state index in [4.69, 9.17) is 0 Å². The highest BCUT2D eigenvalue weighted by molar-refractivity contribution is 7.99. The molecule has 19 heavy (non-hydrogen) atoms. The summed E-state index contributed by atoms with van der Waals surface area (Å²) in [5.41, 5.74) is 0.294. The van der Waals surface area contributed by atoms with Crippen LogP contribution in [0, 0.1) is 0 Å². The molecule has 0 saturated heterocycles. The molecule has 1 aliphatic carbocycles. The lowest BCUT2D eigenvalue weighted by atomic mass is 9.94. The number of hydrogen-bond donors (Lipinski definition) is 3. The molecule has 0 bridgehead atoms. The van der Waals surface area contributed by atoms with Gasteiger partial charge in [-0.2, -0.15) is 11.8 Å². The highest BCUT2D eigenvalue weighted by Crippen LogP contribution is 2.28. The summed E-state index contributed by atoms with van der Waals surface area (Å²) < 4.78 is 0. The van der Waals surface area contributed by atoms with Crippen molar-refractivity contribution in [1.29, 1.82) is 0 Å². The van der Waals surface area contributed by atoms with E-state index in [2.05, 4.69) is 11.6 Å². The molecule has 0 aromatic heterocycles. The minimum Gasteiger partial charge on any atom is -0.508 e. The van der Waals surface area contributed by atoms with Crippen LogP contribution in [0.4, 0.5) is 0 Å². The third kappa shape index (κ3) is 3.56. The molecule has 2 rings (SSSR count). The van der Waals surface area contributed by atoms with Crippen LogP contribution in [0.15, 0.2) is 18.2 Å². The summed E-state index contributed by atoms with van der Waals surface area (Å²) in [5, 5.41) is 22.3. The van der Waals surface area contributed by atoms with Crippen LogP contribution in [0.25, 0.3) is 0 Å². The molecule has 0 heterocycles. The lowest BCUT2D eigenvalue weighted by molar-refractivity contribution is 0.0928. The maximum Gasteiger partial charge on any atom is 0.251 e. The summed E-state index contributed by atoms with van der Waals surface area (Å²) in [6.45, 7) is 0. The number of nitrogens with one attached hydrogen (secondary N) is 1. The number of amides is 1. The smallest absolute Gasteiger partial charge is 0.251 e. The van der Waals surface area contributed by atoms with Crippen LogP contribution in [-0.2, 0) is 0 Å². The van der Waals surface area contributed by atoms with Crippen LogP contribution >= 0.6 is 11.8 Å². The SMILES string of the molecule is CSC1CCCCC1NC(=O)c1cc(O)cc(O)c1. The first-order valence-electron chi connectivity index (χ1n) is 6.47. The summed E-state index contributed by atoms with van der Waals surface area (Å²) in [7, 11) is 0. The number of thioether (sulfide) groups is 1.